The largest absolute Gasteiger partial charge is 0.332 e. The second-order valence-corrected chi connectivity index (χ2v) is 10.0. The lowest BCUT2D eigenvalue weighted by molar-refractivity contribution is 0.417. The van der Waals surface area contributed by atoms with Crippen LogP contribution in [-0.2, 0) is 31.0 Å². The van der Waals surface area contributed by atoms with Gasteiger partial charge in [-0.25, -0.2) is 17.6 Å². The fourth-order valence-electron chi connectivity index (χ4n) is 4.06. The zero-order valence-corrected chi connectivity index (χ0v) is 19.7. The molecule has 178 valence electrons. The maximum Gasteiger partial charge on any atom is 0.332 e. The van der Waals surface area contributed by atoms with Gasteiger partial charge in [-0.15, -0.1) is 21.5 Å². The highest BCUT2D eigenvalue weighted by molar-refractivity contribution is 7.74. The smallest absolute Gasteiger partial charge is 0.286 e. The van der Waals surface area contributed by atoms with E-state index in [1.807, 2.05) is 0 Å². The number of nitrogens with zero attached hydrogens (tertiary/aromatic N) is 7. The van der Waals surface area contributed by atoms with Crippen LogP contribution in [0.2, 0.25) is 0 Å². The van der Waals surface area contributed by atoms with Gasteiger partial charge in [-0.1, -0.05) is 0 Å². The molecule has 5 rings (SSSR count). The summed E-state index contributed by atoms with van der Waals surface area (Å²) >= 11 is 1.27. The number of fused-ring (bicyclic) bond motifs is 1. The molecule has 1 aromatic carbocycles. The molecule has 3 aromatic heterocycles. The molecular weight excluding hydrogens is 485 g/mol. The van der Waals surface area contributed by atoms with Gasteiger partial charge in [0.2, 0.25) is 10.9 Å². The van der Waals surface area contributed by atoms with Gasteiger partial charge in [0.05, 0.1) is 41.4 Å². The van der Waals surface area contributed by atoms with E-state index in [1.165, 1.54) is 34.1 Å². The Morgan fingerprint density at radius 1 is 1.21 bits per heavy atom. The number of anilines is 1. The summed E-state index contributed by atoms with van der Waals surface area (Å²) in [6, 6.07) is 4.42. The lowest BCUT2D eigenvalue weighted by Crippen LogP contribution is -2.41. The van der Waals surface area contributed by atoms with Crippen LogP contribution in [0.5, 0.6) is 0 Å². The molecule has 0 bridgehead atoms. The van der Waals surface area contributed by atoms with Gasteiger partial charge in [0.1, 0.15) is 17.2 Å². The molecule has 0 spiro atoms. The second kappa shape index (κ2) is 8.43. The Hall–Kier alpha value is -3.39. The van der Waals surface area contributed by atoms with E-state index in [0.29, 0.717) is 28.9 Å². The Kier molecular flexibility index (Phi) is 5.56. The van der Waals surface area contributed by atoms with E-state index < -0.39 is 34.4 Å². The lowest BCUT2D eigenvalue weighted by Gasteiger charge is -2.26. The molecule has 0 amide bonds. The predicted molar refractivity (Wildman–Crippen MR) is 125 cm³/mol. The van der Waals surface area contributed by atoms with Crippen molar-refractivity contribution < 1.29 is 12.8 Å². The van der Waals surface area contributed by atoms with E-state index in [2.05, 4.69) is 15.3 Å². The molecule has 1 fully saturated rings. The third-order valence-corrected chi connectivity index (χ3v) is 7.60. The van der Waals surface area contributed by atoms with Gasteiger partial charge >= 0.3 is 5.69 Å². The fourth-order valence-corrected chi connectivity index (χ4v) is 5.49. The standard InChI is InChI=1S/C20H20FN7O4S2/c1-25-8-13(7-23-25)9-27-18(29)15-6-14(28(34(31)32)20(11-21)4-5-20)2-3-16(15)26(19(27)30)10-17-24-22-12-33-17/h2-3,6-8,12,34H,4-5,9-11H2,1H3. The monoisotopic (exact) mass is 505 g/mol. The van der Waals surface area contributed by atoms with Crippen molar-refractivity contribution in [1.29, 1.82) is 0 Å². The first-order chi connectivity index (χ1) is 16.3. The zero-order chi connectivity index (χ0) is 24.0. The first-order valence-corrected chi connectivity index (χ1v) is 12.3. The van der Waals surface area contributed by atoms with Crippen LogP contribution in [0.25, 0.3) is 10.9 Å². The maximum absolute atomic E-state index is 13.7. The van der Waals surface area contributed by atoms with E-state index in [1.54, 1.807) is 29.6 Å². The molecule has 14 heteroatoms. The number of benzene rings is 1. The van der Waals surface area contributed by atoms with E-state index in [9.17, 15) is 22.4 Å². The summed E-state index contributed by atoms with van der Waals surface area (Å²) in [6.45, 7) is -0.757. The van der Waals surface area contributed by atoms with Crippen molar-refractivity contribution in [3.8, 4) is 0 Å². The van der Waals surface area contributed by atoms with Gasteiger partial charge in [0.25, 0.3) is 5.56 Å². The first kappa shape index (κ1) is 22.4. The van der Waals surface area contributed by atoms with Gasteiger partial charge in [0.15, 0.2) is 0 Å². The van der Waals surface area contributed by atoms with Crippen molar-refractivity contribution in [2.24, 2.45) is 7.05 Å². The Labute approximate surface area is 197 Å². The number of hydrogen-bond donors (Lipinski definition) is 1. The Morgan fingerprint density at radius 2 is 2.00 bits per heavy atom. The third kappa shape index (κ3) is 3.81. The Balaban J connectivity index is 1.72. The van der Waals surface area contributed by atoms with Crippen LogP contribution in [0.1, 0.15) is 23.4 Å². The molecule has 4 aromatic rings. The van der Waals surface area contributed by atoms with Crippen LogP contribution in [-0.4, -0.2) is 49.7 Å². The van der Waals surface area contributed by atoms with Gasteiger partial charge in [-0.05, 0) is 31.0 Å². The van der Waals surface area contributed by atoms with Crippen molar-refractivity contribution in [1.82, 2.24) is 29.1 Å². The molecule has 0 saturated heterocycles. The summed E-state index contributed by atoms with van der Waals surface area (Å²) in [6.07, 6.45) is 4.05. The van der Waals surface area contributed by atoms with E-state index >= 15 is 0 Å². The minimum Gasteiger partial charge on any atom is -0.286 e. The normalized spacial score (nSPS) is 14.7. The van der Waals surface area contributed by atoms with Gasteiger partial charge in [-0.2, -0.15) is 5.10 Å². The van der Waals surface area contributed by atoms with Crippen molar-refractivity contribution in [2.75, 3.05) is 11.0 Å². The highest BCUT2D eigenvalue weighted by Crippen LogP contribution is 2.45. The number of thiol groups is 1. The minimum atomic E-state index is -3.14. The van der Waals surface area contributed by atoms with E-state index in [-0.39, 0.29) is 24.2 Å². The molecule has 0 radical (unpaired) electrons. The molecule has 0 atom stereocenters. The minimum absolute atomic E-state index is 0.0181. The average molecular weight is 506 g/mol. The summed E-state index contributed by atoms with van der Waals surface area (Å²) in [5.74, 6) is 0. The predicted octanol–water partition coefficient (Wildman–Crippen LogP) is 0.680. The van der Waals surface area contributed by atoms with Gasteiger partial charge in [-0.3, -0.25) is 22.9 Å². The van der Waals surface area contributed by atoms with Crippen molar-refractivity contribution in [3.63, 3.8) is 0 Å². The molecule has 11 nitrogen and oxygen atoms in total. The van der Waals surface area contributed by atoms with Crippen LogP contribution >= 0.6 is 11.3 Å². The number of rotatable bonds is 8. The average Bonchev–Trinajstić information content (AvgIpc) is 3.20. The maximum atomic E-state index is 13.7. The third-order valence-electron chi connectivity index (χ3n) is 5.94. The summed E-state index contributed by atoms with van der Waals surface area (Å²) in [5.41, 5.74) is 0.467. The fraction of sp³-hybridized carbons (Fsp3) is 0.350. The summed E-state index contributed by atoms with van der Waals surface area (Å²) < 4.78 is 42.9. The highest BCUT2D eigenvalue weighted by Gasteiger charge is 2.50. The Bertz CT molecular complexity index is 1560. The van der Waals surface area contributed by atoms with Gasteiger partial charge < -0.3 is 0 Å². The molecule has 0 N–H and O–H groups in total. The summed E-state index contributed by atoms with van der Waals surface area (Å²) in [4.78, 5) is 26.8. The summed E-state index contributed by atoms with van der Waals surface area (Å²) in [5, 5.41) is 12.6. The molecule has 1 aliphatic rings. The second-order valence-electron chi connectivity index (χ2n) is 8.22. The molecule has 3 heterocycles. The van der Waals surface area contributed by atoms with Gasteiger partial charge in [0, 0.05) is 18.8 Å². The number of hydrogen-bond acceptors (Lipinski definition) is 8. The molecule has 1 aliphatic carbocycles. The number of aromatic nitrogens is 6. The van der Waals surface area contributed by atoms with Crippen molar-refractivity contribution in [2.45, 2.75) is 31.5 Å². The van der Waals surface area contributed by atoms with E-state index in [4.69, 9.17) is 0 Å². The van der Waals surface area contributed by atoms with Crippen LogP contribution in [0, 0.1) is 0 Å². The van der Waals surface area contributed by atoms with Crippen molar-refractivity contribution in [3.05, 3.63) is 67.5 Å². The van der Waals surface area contributed by atoms with Crippen LogP contribution in [0.15, 0.2) is 45.7 Å². The zero-order valence-electron chi connectivity index (χ0n) is 18.0. The number of alkyl halides is 1. The molecule has 1 saturated carbocycles. The number of aryl methyl sites for hydroxylation is 1. The first-order valence-electron chi connectivity index (χ1n) is 10.3. The topological polar surface area (TPSA) is 125 Å². The Morgan fingerprint density at radius 3 is 2.59 bits per heavy atom. The lowest BCUT2D eigenvalue weighted by atomic mass is 10.2. The highest BCUT2D eigenvalue weighted by atomic mass is 32.2. The number of halogens is 1. The summed E-state index contributed by atoms with van der Waals surface area (Å²) in [7, 11) is -1.41. The molecular formula is C20H20FN7O4S2. The molecule has 0 aliphatic heterocycles. The molecule has 0 unspecified atom stereocenters. The van der Waals surface area contributed by atoms with Crippen LogP contribution in [0.3, 0.4) is 0 Å². The van der Waals surface area contributed by atoms with Crippen LogP contribution < -0.4 is 15.6 Å². The quantitative estimate of drug-likeness (QED) is 0.349. The van der Waals surface area contributed by atoms with E-state index in [0.717, 1.165) is 8.87 Å². The molecule has 34 heavy (non-hydrogen) atoms. The SMILES string of the molecule is Cn1cc(Cn2c(=O)c3cc(N([SH](=O)=O)C4(CF)CC4)ccc3n(Cc3nncs3)c2=O)cn1. The van der Waals surface area contributed by atoms with Crippen molar-refractivity contribution >= 4 is 38.8 Å². The van der Waals surface area contributed by atoms with Crippen LogP contribution in [0.4, 0.5) is 10.1 Å².